The SMILES string of the molecule is COc1cccc2c1N(Cc1nc3ccccc3[nH]c1=O)CCC2. The van der Waals surface area contributed by atoms with Gasteiger partial charge in [-0.3, -0.25) is 4.79 Å². The average Bonchev–Trinajstić information content (AvgIpc) is 2.62. The third kappa shape index (κ3) is 2.52. The Labute approximate surface area is 139 Å². The van der Waals surface area contributed by atoms with Crippen LogP contribution in [0.25, 0.3) is 11.0 Å². The van der Waals surface area contributed by atoms with E-state index in [4.69, 9.17) is 4.74 Å². The summed E-state index contributed by atoms with van der Waals surface area (Å²) in [5.41, 5.74) is 4.33. The number of H-pyrrole nitrogens is 1. The van der Waals surface area contributed by atoms with Crippen molar-refractivity contribution in [3.8, 4) is 5.75 Å². The number of anilines is 1. The number of aromatic amines is 1. The predicted octanol–water partition coefficient (Wildman–Crippen LogP) is 2.88. The van der Waals surface area contributed by atoms with Gasteiger partial charge in [-0.25, -0.2) is 4.98 Å². The summed E-state index contributed by atoms with van der Waals surface area (Å²) in [5, 5.41) is 0. The van der Waals surface area contributed by atoms with Crippen molar-refractivity contribution >= 4 is 16.7 Å². The first-order valence-electron chi connectivity index (χ1n) is 8.15. The van der Waals surface area contributed by atoms with Gasteiger partial charge in [0.05, 0.1) is 30.4 Å². The highest BCUT2D eigenvalue weighted by Crippen LogP contribution is 2.36. The number of hydrogen-bond donors (Lipinski definition) is 1. The van der Waals surface area contributed by atoms with Crippen molar-refractivity contribution < 1.29 is 4.74 Å². The van der Waals surface area contributed by atoms with Crippen molar-refractivity contribution in [2.24, 2.45) is 0 Å². The number of rotatable bonds is 3. The number of nitrogens with zero attached hydrogens (tertiary/aromatic N) is 2. The molecule has 0 spiro atoms. The second kappa shape index (κ2) is 6.00. The lowest BCUT2D eigenvalue weighted by molar-refractivity contribution is 0.412. The van der Waals surface area contributed by atoms with Gasteiger partial charge in [-0.15, -0.1) is 0 Å². The van der Waals surface area contributed by atoms with E-state index in [1.54, 1.807) is 7.11 Å². The Kier molecular flexibility index (Phi) is 3.69. The molecule has 4 rings (SSSR count). The summed E-state index contributed by atoms with van der Waals surface area (Å²) in [6, 6.07) is 13.7. The maximum absolute atomic E-state index is 12.4. The topological polar surface area (TPSA) is 58.2 Å². The van der Waals surface area contributed by atoms with Crippen molar-refractivity contribution in [3.05, 3.63) is 64.1 Å². The zero-order chi connectivity index (χ0) is 16.5. The molecular weight excluding hydrogens is 302 g/mol. The molecule has 5 nitrogen and oxygen atoms in total. The molecule has 0 bridgehead atoms. The van der Waals surface area contributed by atoms with Gasteiger partial charge in [0.2, 0.25) is 0 Å². The summed E-state index contributed by atoms with van der Waals surface area (Å²) in [7, 11) is 1.68. The highest BCUT2D eigenvalue weighted by Gasteiger charge is 2.22. The van der Waals surface area contributed by atoms with E-state index in [1.165, 1.54) is 5.56 Å². The molecule has 0 unspecified atom stereocenters. The minimum Gasteiger partial charge on any atom is -0.495 e. The second-order valence-corrected chi connectivity index (χ2v) is 6.02. The Hall–Kier alpha value is -2.82. The van der Waals surface area contributed by atoms with Crippen LogP contribution < -0.4 is 15.2 Å². The second-order valence-electron chi connectivity index (χ2n) is 6.02. The fourth-order valence-electron chi connectivity index (χ4n) is 3.38. The van der Waals surface area contributed by atoms with Crippen molar-refractivity contribution in [3.63, 3.8) is 0 Å². The minimum absolute atomic E-state index is 0.129. The molecule has 1 aromatic heterocycles. The van der Waals surface area contributed by atoms with Gasteiger partial charge in [-0.05, 0) is 36.6 Å². The molecule has 122 valence electrons. The monoisotopic (exact) mass is 321 g/mol. The molecule has 1 N–H and O–H groups in total. The van der Waals surface area contributed by atoms with E-state index < -0.39 is 0 Å². The maximum atomic E-state index is 12.4. The lowest BCUT2D eigenvalue weighted by Gasteiger charge is -2.32. The first-order valence-corrected chi connectivity index (χ1v) is 8.15. The molecule has 0 saturated heterocycles. The number of nitrogens with one attached hydrogen (secondary N) is 1. The number of aromatic nitrogens is 2. The molecule has 0 radical (unpaired) electrons. The fourth-order valence-corrected chi connectivity index (χ4v) is 3.38. The van der Waals surface area contributed by atoms with E-state index in [2.05, 4.69) is 20.9 Å². The average molecular weight is 321 g/mol. The quantitative estimate of drug-likeness (QED) is 0.806. The number of ether oxygens (including phenoxy) is 1. The Bertz CT molecular complexity index is 934. The van der Waals surface area contributed by atoms with Crippen molar-refractivity contribution in [2.45, 2.75) is 19.4 Å². The first-order chi connectivity index (χ1) is 11.8. The van der Waals surface area contributed by atoms with Gasteiger partial charge in [-0.1, -0.05) is 24.3 Å². The van der Waals surface area contributed by atoms with E-state index in [0.29, 0.717) is 12.2 Å². The third-order valence-corrected chi connectivity index (χ3v) is 4.50. The molecule has 1 aliphatic rings. The van der Waals surface area contributed by atoms with E-state index in [0.717, 1.165) is 41.9 Å². The normalized spacial score (nSPS) is 13.8. The van der Waals surface area contributed by atoms with Gasteiger partial charge in [0.1, 0.15) is 11.4 Å². The van der Waals surface area contributed by atoms with Crippen LogP contribution in [0.15, 0.2) is 47.3 Å². The largest absolute Gasteiger partial charge is 0.495 e. The Balaban J connectivity index is 1.75. The van der Waals surface area contributed by atoms with Crippen molar-refractivity contribution in [1.82, 2.24) is 9.97 Å². The molecule has 2 aromatic carbocycles. The Morgan fingerprint density at radius 3 is 2.96 bits per heavy atom. The lowest BCUT2D eigenvalue weighted by Crippen LogP contribution is -2.32. The third-order valence-electron chi connectivity index (χ3n) is 4.50. The van der Waals surface area contributed by atoms with Gasteiger partial charge < -0.3 is 14.6 Å². The van der Waals surface area contributed by atoms with E-state index in [9.17, 15) is 4.79 Å². The number of para-hydroxylation sites is 3. The summed E-state index contributed by atoms with van der Waals surface area (Å²) in [5.74, 6) is 0.851. The van der Waals surface area contributed by atoms with Gasteiger partial charge >= 0.3 is 0 Å². The van der Waals surface area contributed by atoms with Gasteiger partial charge in [0, 0.05) is 6.54 Å². The van der Waals surface area contributed by atoms with Crippen LogP contribution in [-0.2, 0) is 13.0 Å². The molecule has 3 aromatic rings. The van der Waals surface area contributed by atoms with E-state index >= 15 is 0 Å². The minimum atomic E-state index is -0.129. The van der Waals surface area contributed by atoms with Crippen LogP contribution in [0, 0.1) is 0 Å². The van der Waals surface area contributed by atoms with E-state index in [-0.39, 0.29) is 5.56 Å². The van der Waals surface area contributed by atoms with Gasteiger partial charge in [0.25, 0.3) is 5.56 Å². The highest BCUT2D eigenvalue weighted by atomic mass is 16.5. The number of methoxy groups -OCH3 is 1. The van der Waals surface area contributed by atoms with Crippen LogP contribution in [0.3, 0.4) is 0 Å². The molecule has 2 heterocycles. The standard InChI is InChI=1S/C19H19N3O2/c1-24-17-10-4-6-13-7-5-11-22(18(13)17)12-16-19(23)21-15-9-3-2-8-14(15)20-16/h2-4,6,8-10H,5,7,11-12H2,1H3,(H,21,23). The zero-order valence-corrected chi connectivity index (χ0v) is 13.6. The van der Waals surface area contributed by atoms with E-state index in [1.807, 2.05) is 36.4 Å². The molecule has 0 aliphatic carbocycles. The number of benzene rings is 2. The summed E-state index contributed by atoms with van der Waals surface area (Å²) >= 11 is 0. The fraction of sp³-hybridized carbons (Fsp3) is 0.263. The molecule has 5 heteroatoms. The van der Waals surface area contributed by atoms with Crippen molar-refractivity contribution in [2.75, 3.05) is 18.6 Å². The van der Waals surface area contributed by atoms with Crippen molar-refractivity contribution in [1.29, 1.82) is 0 Å². The molecule has 0 saturated carbocycles. The number of aryl methyl sites for hydroxylation is 1. The van der Waals surface area contributed by atoms with Crippen LogP contribution in [0.4, 0.5) is 5.69 Å². The summed E-state index contributed by atoms with van der Waals surface area (Å²) in [4.78, 5) is 22.1. The summed E-state index contributed by atoms with van der Waals surface area (Å²) in [6.07, 6.45) is 2.09. The molecule has 0 amide bonds. The molecule has 1 aliphatic heterocycles. The van der Waals surface area contributed by atoms with Crippen LogP contribution in [-0.4, -0.2) is 23.6 Å². The van der Waals surface area contributed by atoms with Crippen LogP contribution in [0.1, 0.15) is 17.7 Å². The predicted molar refractivity (Wildman–Crippen MR) is 94.7 cm³/mol. The maximum Gasteiger partial charge on any atom is 0.271 e. The Morgan fingerprint density at radius 1 is 1.21 bits per heavy atom. The van der Waals surface area contributed by atoms with Gasteiger partial charge in [0.15, 0.2) is 0 Å². The summed E-state index contributed by atoms with van der Waals surface area (Å²) < 4.78 is 5.53. The lowest BCUT2D eigenvalue weighted by atomic mass is 10.0. The summed E-state index contributed by atoms with van der Waals surface area (Å²) in [6.45, 7) is 1.37. The molecule has 0 fully saturated rings. The number of hydrogen-bond acceptors (Lipinski definition) is 4. The molecule has 0 atom stereocenters. The molecular formula is C19H19N3O2. The van der Waals surface area contributed by atoms with Crippen LogP contribution in [0.2, 0.25) is 0 Å². The number of fused-ring (bicyclic) bond motifs is 2. The highest BCUT2D eigenvalue weighted by molar-refractivity contribution is 5.73. The van der Waals surface area contributed by atoms with Crippen LogP contribution >= 0.6 is 0 Å². The van der Waals surface area contributed by atoms with Crippen LogP contribution in [0.5, 0.6) is 5.75 Å². The Morgan fingerprint density at radius 2 is 2.08 bits per heavy atom. The molecule has 24 heavy (non-hydrogen) atoms. The zero-order valence-electron chi connectivity index (χ0n) is 13.6. The smallest absolute Gasteiger partial charge is 0.271 e. The van der Waals surface area contributed by atoms with Gasteiger partial charge in [-0.2, -0.15) is 0 Å². The first kappa shape index (κ1) is 14.8.